The van der Waals surface area contributed by atoms with E-state index in [4.69, 9.17) is 0 Å². The first kappa shape index (κ1) is 15.8. The van der Waals surface area contributed by atoms with E-state index in [9.17, 15) is 9.59 Å². The van der Waals surface area contributed by atoms with E-state index < -0.39 is 0 Å². The van der Waals surface area contributed by atoms with Crippen molar-refractivity contribution < 1.29 is 0 Å². The van der Waals surface area contributed by atoms with E-state index in [1.807, 2.05) is 23.2 Å². The van der Waals surface area contributed by atoms with Crippen molar-refractivity contribution >= 4 is 11.2 Å². The number of rotatable bonds is 2. The average Bonchev–Trinajstić information content (AvgIpc) is 3.10. The normalized spacial score (nSPS) is 15.0. The molecule has 0 bridgehead atoms. The van der Waals surface area contributed by atoms with Gasteiger partial charge in [-0.15, -0.1) is 0 Å². The molecule has 0 aromatic carbocycles. The Bertz CT molecular complexity index is 1100. The molecule has 0 saturated heterocycles. The maximum atomic E-state index is 12.5. The van der Waals surface area contributed by atoms with E-state index >= 15 is 0 Å². The molecule has 3 aromatic heterocycles. The van der Waals surface area contributed by atoms with Crippen LogP contribution in [0.4, 0.5) is 0 Å². The van der Waals surface area contributed by atoms with Gasteiger partial charge in [0.1, 0.15) is 5.82 Å². The summed E-state index contributed by atoms with van der Waals surface area (Å²) in [6.45, 7) is 4.88. The highest BCUT2D eigenvalue weighted by Crippen LogP contribution is 2.19. The van der Waals surface area contributed by atoms with E-state index in [2.05, 4.69) is 21.0 Å². The predicted octanol–water partition coefficient (Wildman–Crippen LogP) is -0.509. The zero-order valence-electron chi connectivity index (χ0n) is 14.9. The van der Waals surface area contributed by atoms with Crippen molar-refractivity contribution in [2.45, 2.75) is 26.6 Å². The van der Waals surface area contributed by atoms with Crippen molar-refractivity contribution in [1.82, 2.24) is 33.4 Å². The molecule has 132 valence electrons. The van der Waals surface area contributed by atoms with Gasteiger partial charge in [0.15, 0.2) is 11.2 Å². The molecule has 9 nitrogen and oxygen atoms in total. The molecule has 25 heavy (non-hydrogen) atoms. The van der Waals surface area contributed by atoms with E-state index in [1.54, 1.807) is 7.05 Å². The summed E-state index contributed by atoms with van der Waals surface area (Å²) in [5.74, 6) is 0.818. The second-order valence-corrected chi connectivity index (χ2v) is 6.67. The summed E-state index contributed by atoms with van der Waals surface area (Å²) in [6, 6.07) is 2.08. The van der Waals surface area contributed by atoms with Crippen LogP contribution in [0.15, 0.2) is 15.7 Å². The van der Waals surface area contributed by atoms with E-state index in [0.717, 1.165) is 34.9 Å². The van der Waals surface area contributed by atoms with Gasteiger partial charge in [-0.25, -0.2) is 9.78 Å². The third-order valence-corrected chi connectivity index (χ3v) is 4.92. The van der Waals surface area contributed by atoms with Crippen molar-refractivity contribution in [3.63, 3.8) is 0 Å². The van der Waals surface area contributed by atoms with Gasteiger partial charge in [0, 0.05) is 40.8 Å². The molecular weight excluding hydrogens is 322 g/mol. The van der Waals surface area contributed by atoms with Crippen molar-refractivity contribution in [1.29, 1.82) is 0 Å². The molecule has 0 spiro atoms. The van der Waals surface area contributed by atoms with Crippen LogP contribution in [-0.4, -0.2) is 39.9 Å². The quantitative estimate of drug-likeness (QED) is 0.626. The third-order valence-electron chi connectivity index (χ3n) is 4.92. The smallest absolute Gasteiger partial charge is 0.320 e. The van der Waals surface area contributed by atoms with Crippen molar-refractivity contribution in [3.8, 4) is 0 Å². The first-order chi connectivity index (χ1) is 11.9. The minimum Gasteiger partial charge on any atom is -0.320 e. The van der Waals surface area contributed by atoms with Crippen LogP contribution >= 0.6 is 0 Å². The third kappa shape index (κ3) is 2.34. The second-order valence-electron chi connectivity index (χ2n) is 6.67. The van der Waals surface area contributed by atoms with Crippen molar-refractivity contribution in [2.75, 3.05) is 6.54 Å². The lowest BCUT2D eigenvalue weighted by atomic mass is 10.3. The number of fused-ring (bicyclic) bond motifs is 3. The summed E-state index contributed by atoms with van der Waals surface area (Å²) >= 11 is 0. The Morgan fingerprint density at radius 2 is 1.88 bits per heavy atom. The van der Waals surface area contributed by atoms with Gasteiger partial charge >= 0.3 is 5.69 Å². The highest BCUT2D eigenvalue weighted by Gasteiger charge is 2.24. The summed E-state index contributed by atoms with van der Waals surface area (Å²) in [7, 11) is 5.10. The lowest BCUT2D eigenvalue weighted by Crippen LogP contribution is -2.38. The fourth-order valence-electron chi connectivity index (χ4n) is 3.55. The van der Waals surface area contributed by atoms with Gasteiger partial charge in [-0.05, 0) is 13.0 Å². The van der Waals surface area contributed by atoms with Crippen molar-refractivity contribution in [2.24, 2.45) is 21.1 Å². The molecule has 4 rings (SSSR count). The molecule has 1 aliphatic heterocycles. The van der Waals surface area contributed by atoms with E-state index in [1.165, 1.54) is 11.6 Å². The highest BCUT2D eigenvalue weighted by molar-refractivity contribution is 5.71. The standard InChI is InChI=1S/C16H21N7O2/c1-10-7-11(21(4)18-10)8-22-5-6-23-12(9-22)17-14-13(23)15(24)20(3)16(25)19(14)2/h7H,5-6,8-9H2,1-4H3. The van der Waals surface area contributed by atoms with Crippen LogP contribution in [0.1, 0.15) is 17.2 Å². The molecule has 9 heteroatoms. The largest absolute Gasteiger partial charge is 0.332 e. The number of aromatic nitrogens is 6. The molecule has 0 fully saturated rings. The molecule has 4 heterocycles. The van der Waals surface area contributed by atoms with Gasteiger partial charge in [-0.3, -0.25) is 23.5 Å². The maximum Gasteiger partial charge on any atom is 0.332 e. The molecule has 3 aromatic rings. The Morgan fingerprint density at radius 3 is 2.56 bits per heavy atom. The summed E-state index contributed by atoms with van der Waals surface area (Å²) in [5.41, 5.74) is 2.48. The first-order valence-electron chi connectivity index (χ1n) is 8.24. The lowest BCUT2D eigenvalue weighted by Gasteiger charge is -2.27. The predicted molar refractivity (Wildman–Crippen MR) is 92.3 cm³/mol. The van der Waals surface area contributed by atoms with Crippen LogP contribution in [-0.2, 0) is 40.8 Å². The zero-order chi connectivity index (χ0) is 17.9. The molecule has 0 unspecified atom stereocenters. The SMILES string of the molecule is Cc1cc(CN2CCn3c(nc4c3c(=O)n(C)c(=O)n4C)C2)n(C)n1. The average molecular weight is 343 g/mol. The summed E-state index contributed by atoms with van der Waals surface area (Å²) in [5, 5.41) is 4.39. The molecule has 1 aliphatic rings. The minimum absolute atomic E-state index is 0.285. The van der Waals surface area contributed by atoms with E-state index in [0.29, 0.717) is 24.3 Å². The van der Waals surface area contributed by atoms with Crippen LogP contribution in [0, 0.1) is 6.92 Å². The van der Waals surface area contributed by atoms with Gasteiger partial charge in [0.25, 0.3) is 5.56 Å². The number of hydrogen-bond donors (Lipinski definition) is 0. The van der Waals surface area contributed by atoms with Gasteiger partial charge in [-0.1, -0.05) is 0 Å². The molecule has 0 aliphatic carbocycles. The highest BCUT2D eigenvalue weighted by atomic mass is 16.2. The first-order valence-corrected chi connectivity index (χ1v) is 8.24. The Hall–Kier alpha value is -2.68. The molecule has 0 radical (unpaired) electrons. The van der Waals surface area contributed by atoms with Gasteiger partial charge < -0.3 is 4.57 Å². The maximum absolute atomic E-state index is 12.5. The number of imidazole rings is 1. The van der Waals surface area contributed by atoms with Gasteiger partial charge in [0.2, 0.25) is 0 Å². The molecular formula is C16H21N7O2. The number of aryl methyl sites for hydroxylation is 3. The monoisotopic (exact) mass is 343 g/mol. The molecule has 0 saturated carbocycles. The van der Waals surface area contributed by atoms with Crippen LogP contribution < -0.4 is 11.2 Å². The van der Waals surface area contributed by atoms with Gasteiger partial charge in [-0.2, -0.15) is 5.10 Å². The summed E-state index contributed by atoms with van der Waals surface area (Å²) in [6.07, 6.45) is 0. The molecule has 0 amide bonds. The van der Waals surface area contributed by atoms with Crippen LogP contribution in [0.25, 0.3) is 11.2 Å². The van der Waals surface area contributed by atoms with E-state index in [-0.39, 0.29) is 11.2 Å². The number of hydrogen-bond acceptors (Lipinski definition) is 5. The van der Waals surface area contributed by atoms with Crippen LogP contribution in [0.5, 0.6) is 0 Å². The minimum atomic E-state index is -0.352. The topological polar surface area (TPSA) is 82.9 Å². The molecule has 0 atom stereocenters. The Morgan fingerprint density at radius 1 is 1.12 bits per heavy atom. The lowest BCUT2D eigenvalue weighted by molar-refractivity contribution is 0.206. The summed E-state index contributed by atoms with van der Waals surface area (Å²) in [4.78, 5) is 31.5. The zero-order valence-corrected chi connectivity index (χ0v) is 14.9. The fraction of sp³-hybridized carbons (Fsp3) is 0.500. The summed E-state index contributed by atoms with van der Waals surface area (Å²) < 4.78 is 6.42. The Balaban J connectivity index is 1.74. The van der Waals surface area contributed by atoms with Gasteiger partial charge in [0.05, 0.1) is 17.9 Å². The second kappa shape index (κ2) is 5.41. The number of nitrogens with zero attached hydrogens (tertiary/aromatic N) is 7. The van der Waals surface area contributed by atoms with Crippen molar-refractivity contribution in [3.05, 3.63) is 44.1 Å². The van der Waals surface area contributed by atoms with Crippen LogP contribution in [0.2, 0.25) is 0 Å². The fourth-order valence-corrected chi connectivity index (χ4v) is 3.55. The van der Waals surface area contributed by atoms with Crippen LogP contribution in [0.3, 0.4) is 0 Å². The Labute approximate surface area is 143 Å². The Kier molecular flexibility index (Phi) is 3.43. The molecule has 0 N–H and O–H groups in total.